The molecule has 0 radical (unpaired) electrons. The predicted octanol–water partition coefficient (Wildman–Crippen LogP) is 6.44. The van der Waals surface area contributed by atoms with Gasteiger partial charge >= 0.3 is 0 Å². The number of aromatic amines is 1. The van der Waals surface area contributed by atoms with E-state index in [1.54, 1.807) is 36.9 Å². The highest BCUT2D eigenvalue weighted by atomic mass is 35.5. The lowest BCUT2D eigenvalue weighted by Crippen LogP contribution is -2.24. The summed E-state index contributed by atoms with van der Waals surface area (Å²) in [5.74, 6) is -0.585. The molecule has 190 valence electrons. The van der Waals surface area contributed by atoms with Gasteiger partial charge in [-0.3, -0.25) is 9.59 Å². The number of aliphatic hydroxyl groups is 1. The van der Waals surface area contributed by atoms with Gasteiger partial charge in [-0.05, 0) is 85.0 Å². The third-order valence-corrected chi connectivity index (χ3v) is 7.72. The molecule has 2 heterocycles. The Balaban J connectivity index is 1.56. The molecular formula is C31H26ClN3O3. The highest BCUT2D eigenvalue weighted by molar-refractivity contribution is 6.31. The first-order valence-electron chi connectivity index (χ1n) is 12.4. The van der Waals surface area contributed by atoms with Crippen LogP contribution in [0.15, 0.2) is 66.7 Å². The van der Waals surface area contributed by atoms with Crippen LogP contribution in [0.2, 0.25) is 5.02 Å². The van der Waals surface area contributed by atoms with Crippen LogP contribution in [-0.4, -0.2) is 21.9 Å². The third-order valence-electron chi connectivity index (χ3n) is 7.48. The Labute approximate surface area is 224 Å². The van der Waals surface area contributed by atoms with Gasteiger partial charge in [-0.2, -0.15) is 0 Å². The molecule has 0 saturated carbocycles. The number of anilines is 1. The van der Waals surface area contributed by atoms with Gasteiger partial charge in [0, 0.05) is 32.6 Å². The lowest BCUT2D eigenvalue weighted by Gasteiger charge is -2.21. The van der Waals surface area contributed by atoms with Gasteiger partial charge in [-0.25, -0.2) is 0 Å². The Kier molecular flexibility index (Phi) is 5.38. The van der Waals surface area contributed by atoms with E-state index >= 15 is 0 Å². The topological polar surface area (TPSA) is 99.4 Å². The number of nitrogens with one attached hydrogen (secondary N) is 1. The van der Waals surface area contributed by atoms with Crippen LogP contribution < -0.4 is 10.6 Å². The first kappa shape index (κ1) is 24.2. The Hall–Kier alpha value is -4.13. The van der Waals surface area contributed by atoms with Crippen LogP contribution in [0.4, 0.5) is 5.69 Å². The molecule has 0 unspecified atom stereocenters. The van der Waals surface area contributed by atoms with Gasteiger partial charge in [0.05, 0.1) is 23.2 Å². The number of aromatic nitrogens is 1. The van der Waals surface area contributed by atoms with Crippen molar-refractivity contribution in [1.29, 1.82) is 0 Å². The molecule has 0 bridgehead atoms. The molecule has 6 rings (SSSR count). The predicted molar refractivity (Wildman–Crippen MR) is 152 cm³/mol. The fourth-order valence-electron chi connectivity index (χ4n) is 5.51. The molecule has 7 heteroatoms. The number of amides is 2. The van der Waals surface area contributed by atoms with Crippen LogP contribution in [0.3, 0.4) is 0 Å². The van der Waals surface area contributed by atoms with Crippen LogP contribution in [0.5, 0.6) is 0 Å². The van der Waals surface area contributed by atoms with Gasteiger partial charge in [0.15, 0.2) is 0 Å². The zero-order chi connectivity index (χ0) is 26.9. The monoisotopic (exact) mass is 523 g/mol. The van der Waals surface area contributed by atoms with Crippen molar-refractivity contribution in [2.75, 3.05) is 4.90 Å². The average molecular weight is 524 g/mol. The Morgan fingerprint density at radius 3 is 2.53 bits per heavy atom. The zero-order valence-electron chi connectivity index (χ0n) is 21.2. The number of benzene rings is 4. The maximum Gasteiger partial charge on any atom is 0.258 e. The van der Waals surface area contributed by atoms with Crippen LogP contribution in [0.1, 0.15) is 51.3 Å². The molecule has 1 aliphatic heterocycles. The Morgan fingerprint density at radius 2 is 1.79 bits per heavy atom. The summed E-state index contributed by atoms with van der Waals surface area (Å²) in [6.45, 7) is 5.92. The quantitative estimate of drug-likeness (QED) is 0.253. The number of fused-ring (bicyclic) bond motifs is 4. The fraction of sp³-hybridized carbons (Fsp3) is 0.161. The third kappa shape index (κ3) is 3.68. The number of halogens is 1. The summed E-state index contributed by atoms with van der Waals surface area (Å²) >= 11 is 6.18. The Morgan fingerprint density at radius 1 is 1.03 bits per heavy atom. The molecule has 0 atom stereocenters. The van der Waals surface area contributed by atoms with Crippen LogP contribution >= 0.6 is 11.6 Å². The first-order chi connectivity index (χ1) is 18.0. The number of nitrogens with two attached hydrogens (primary N) is 1. The highest BCUT2D eigenvalue weighted by Crippen LogP contribution is 2.41. The fourth-order valence-corrected chi connectivity index (χ4v) is 5.71. The molecule has 4 N–H and O–H groups in total. The normalized spacial score (nSPS) is 13.5. The van der Waals surface area contributed by atoms with Crippen molar-refractivity contribution in [2.24, 2.45) is 5.73 Å². The summed E-state index contributed by atoms with van der Waals surface area (Å²) in [6.07, 6.45) is 0. The van der Waals surface area contributed by atoms with Crippen LogP contribution in [0.25, 0.3) is 32.9 Å². The van der Waals surface area contributed by atoms with Gasteiger partial charge in [0.1, 0.15) is 0 Å². The number of nitrogens with zero attached hydrogens (tertiary/aromatic N) is 1. The van der Waals surface area contributed by atoms with Gasteiger partial charge in [-0.15, -0.1) is 0 Å². The van der Waals surface area contributed by atoms with Gasteiger partial charge in [0.25, 0.3) is 11.8 Å². The van der Waals surface area contributed by atoms with Crippen LogP contribution in [0, 0.1) is 6.92 Å². The van der Waals surface area contributed by atoms with E-state index in [1.807, 2.05) is 55.5 Å². The lowest BCUT2D eigenvalue weighted by molar-refractivity contribution is 0.0787. The minimum Gasteiger partial charge on any atom is -0.386 e. The molecule has 38 heavy (non-hydrogen) atoms. The van der Waals surface area contributed by atoms with E-state index in [0.717, 1.165) is 49.8 Å². The number of carbonyl (C=O) groups excluding carboxylic acids is 2. The lowest BCUT2D eigenvalue weighted by atomic mass is 9.92. The molecular weight excluding hydrogens is 498 g/mol. The molecule has 2 amide bonds. The van der Waals surface area contributed by atoms with E-state index in [4.69, 9.17) is 17.3 Å². The van der Waals surface area contributed by atoms with E-state index in [1.165, 1.54) is 0 Å². The van der Waals surface area contributed by atoms with Gasteiger partial charge in [-0.1, -0.05) is 41.9 Å². The van der Waals surface area contributed by atoms with E-state index in [2.05, 4.69) is 4.98 Å². The Bertz CT molecular complexity index is 1810. The van der Waals surface area contributed by atoms with E-state index in [9.17, 15) is 14.7 Å². The second-order valence-electron chi connectivity index (χ2n) is 10.4. The van der Waals surface area contributed by atoms with Crippen LogP contribution in [-0.2, 0) is 12.1 Å². The number of hydrogen-bond acceptors (Lipinski definition) is 3. The summed E-state index contributed by atoms with van der Waals surface area (Å²) in [4.78, 5) is 30.8. The standard InChI is InChI=1S/C31H26ClN3O3/c1-16-20(5-4-6-26(16)35-15-17-13-19(32)8-10-21(17)30(35)37)22-11-12-24(29(33)36)28-27(22)23-9-7-18(31(2,3)38)14-25(23)34-28/h4-14,34,38H,15H2,1-3H3,(H2,33,36). The summed E-state index contributed by atoms with van der Waals surface area (Å²) in [7, 11) is 0. The molecule has 0 aliphatic carbocycles. The number of H-pyrrole nitrogens is 1. The molecule has 1 aliphatic rings. The van der Waals surface area contributed by atoms with Gasteiger partial charge in [0.2, 0.25) is 0 Å². The first-order valence-corrected chi connectivity index (χ1v) is 12.7. The number of carbonyl (C=O) groups is 2. The summed E-state index contributed by atoms with van der Waals surface area (Å²) in [5.41, 5.74) is 12.5. The number of primary amides is 1. The summed E-state index contributed by atoms with van der Waals surface area (Å²) in [5, 5.41) is 12.9. The molecule has 1 aromatic heterocycles. The minimum absolute atomic E-state index is 0.0580. The molecule has 0 fully saturated rings. The van der Waals surface area contributed by atoms with Crippen molar-refractivity contribution in [1.82, 2.24) is 4.98 Å². The maximum atomic E-state index is 13.3. The van der Waals surface area contributed by atoms with E-state index in [-0.39, 0.29) is 5.91 Å². The average Bonchev–Trinajstić information content (AvgIpc) is 3.40. The zero-order valence-corrected chi connectivity index (χ0v) is 22.0. The van der Waals surface area contributed by atoms with Gasteiger partial charge < -0.3 is 20.7 Å². The number of hydrogen-bond donors (Lipinski definition) is 3. The molecule has 4 aromatic carbocycles. The summed E-state index contributed by atoms with van der Waals surface area (Å²) in [6, 6.07) is 20.7. The van der Waals surface area contributed by atoms with Crippen molar-refractivity contribution in [3.8, 4) is 11.1 Å². The van der Waals surface area contributed by atoms with E-state index in [0.29, 0.717) is 28.2 Å². The van der Waals surface area contributed by atoms with Crippen molar-refractivity contribution in [2.45, 2.75) is 32.9 Å². The van der Waals surface area contributed by atoms with E-state index < -0.39 is 11.5 Å². The second kappa shape index (κ2) is 8.45. The molecule has 5 aromatic rings. The van der Waals surface area contributed by atoms with Crippen molar-refractivity contribution >= 4 is 50.9 Å². The highest BCUT2D eigenvalue weighted by Gasteiger charge is 2.30. The molecule has 6 nitrogen and oxygen atoms in total. The molecule has 0 spiro atoms. The smallest absolute Gasteiger partial charge is 0.258 e. The van der Waals surface area contributed by atoms with Crippen molar-refractivity contribution in [3.63, 3.8) is 0 Å². The van der Waals surface area contributed by atoms with Crippen molar-refractivity contribution < 1.29 is 14.7 Å². The maximum absolute atomic E-state index is 13.3. The second-order valence-corrected chi connectivity index (χ2v) is 10.8. The minimum atomic E-state index is -1.02. The number of rotatable bonds is 4. The SMILES string of the molecule is Cc1c(-c2ccc(C(N)=O)c3[nH]c4cc(C(C)(C)O)ccc4c23)cccc1N1Cc2cc(Cl)ccc2C1=O. The van der Waals surface area contributed by atoms with Crippen molar-refractivity contribution in [3.05, 3.63) is 99.6 Å². The summed E-state index contributed by atoms with van der Waals surface area (Å²) < 4.78 is 0. The molecule has 0 saturated heterocycles. The largest absolute Gasteiger partial charge is 0.386 e.